The molecule has 0 bridgehead atoms. The lowest BCUT2D eigenvalue weighted by Crippen LogP contribution is -2.30. The number of rotatable bonds is 4. The molecule has 1 aromatic carbocycles. The summed E-state index contributed by atoms with van der Waals surface area (Å²) in [5.41, 5.74) is 0.587. The van der Waals surface area contributed by atoms with Crippen LogP contribution in [0.1, 0.15) is 20.3 Å². The van der Waals surface area contributed by atoms with E-state index in [4.69, 9.17) is 0 Å². The zero-order valence-electron chi connectivity index (χ0n) is 9.59. The second-order valence-corrected chi connectivity index (χ2v) is 4.07. The standard InChI is InChI=1S/C12H17FN2O/c1-9(2)7-8-14-12(16)15-11-5-3-10(13)4-6-11/h3-6,9H,7-8H2,1-2H3,(H2,14,15,16). The van der Waals surface area contributed by atoms with E-state index in [-0.39, 0.29) is 11.8 Å². The minimum atomic E-state index is -0.314. The summed E-state index contributed by atoms with van der Waals surface area (Å²) < 4.78 is 12.6. The molecule has 1 rings (SSSR count). The van der Waals surface area contributed by atoms with Crippen LogP contribution in [0.2, 0.25) is 0 Å². The van der Waals surface area contributed by atoms with Crippen molar-refractivity contribution in [3.63, 3.8) is 0 Å². The van der Waals surface area contributed by atoms with Gasteiger partial charge in [0, 0.05) is 12.2 Å². The second kappa shape index (κ2) is 6.10. The average molecular weight is 224 g/mol. The van der Waals surface area contributed by atoms with E-state index in [2.05, 4.69) is 24.5 Å². The summed E-state index contributed by atoms with van der Waals surface area (Å²) in [4.78, 5) is 11.4. The number of nitrogens with one attached hydrogen (secondary N) is 2. The predicted molar refractivity (Wildman–Crippen MR) is 62.9 cm³/mol. The molecule has 0 aliphatic carbocycles. The van der Waals surface area contributed by atoms with Crippen molar-refractivity contribution in [2.24, 2.45) is 5.92 Å². The minimum Gasteiger partial charge on any atom is -0.338 e. The lowest BCUT2D eigenvalue weighted by molar-refractivity contribution is 0.251. The van der Waals surface area contributed by atoms with Crippen molar-refractivity contribution in [1.29, 1.82) is 0 Å². The molecule has 0 spiro atoms. The van der Waals surface area contributed by atoms with Crippen LogP contribution in [0, 0.1) is 11.7 Å². The molecular formula is C12H17FN2O. The van der Waals surface area contributed by atoms with Gasteiger partial charge >= 0.3 is 6.03 Å². The lowest BCUT2D eigenvalue weighted by Gasteiger charge is -2.08. The summed E-state index contributed by atoms with van der Waals surface area (Å²) in [5.74, 6) is 0.247. The third kappa shape index (κ3) is 4.77. The number of urea groups is 1. The van der Waals surface area contributed by atoms with Crippen LogP contribution in [0.5, 0.6) is 0 Å². The van der Waals surface area contributed by atoms with Crippen LogP contribution in [0.25, 0.3) is 0 Å². The fourth-order valence-corrected chi connectivity index (χ4v) is 1.18. The number of halogens is 1. The van der Waals surface area contributed by atoms with Gasteiger partial charge < -0.3 is 10.6 Å². The fourth-order valence-electron chi connectivity index (χ4n) is 1.18. The number of anilines is 1. The predicted octanol–water partition coefficient (Wildman–Crippen LogP) is 2.99. The molecule has 0 saturated heterocycles. The van der Waals surface area contributed by atoms with Gasteiger partial charge in [-0.15, -0.1) is 0 Å². The number of carbonyl (C=O) groups is 1. The largest absolute Gasteiger partial charge is 0.338 e. The summed E-state index contributed by atoms with van der Waals surface area (Å²) in [6.45, 7) is 4.84. The Bertz CT molecular complexity index is 335. The number of hydrogen-bond acceptors (Lipinski definition) is 1. The normalized spacial score (nSPS) is 10.2. The molecule has 0 aliphatic heterocycles. The molecular weight excluding hydrogens is 207 g/mol. The van der Waals surface area contributed by atoms with E-state index in [0.717, 1.165) is 6.42 Å². The number of benzene rings is 1. The summed E-state index contributed by atoms with van der Waals surface area (Å²) in [6.07, 6.45) is 0.941. The Labute approximate surface area is 95.0 Å². The van der Waals surface area contributed by atoms with Crippen molar-refractivity contribution < 1.29 is 9.18 Å². The van der Waals surface area contributed by atoms with Crippen LogP contribution < -0.4 is 10.6 Å². The quantitative estimate of drug-likeness (QED) is 0.811. The van der Waals surface area contributed by atoms with Crippen molar-refractivity contribution in [1.82, 2.24) is 5.32 Å². The van der Waals surface area contributed by atoms with E-state index in [1.807, 2.05) is 0 Å². The number of amides is 2. The minimum absolute atomic E-state index is 0.257. The Morgan fingerprint density at radius 2 is 1.94 bits per heavy atom. The topological polar surface area (TPSA) is 41.1 Å². The van der Waals surface area contributed by atoms with E-state index >= 15 is 0 Å². The smallest absolute Gasteiger partial charge is 0.319 e. The highest BCUT2D eigenvalue weighted by Gasteiger charge is 2.01. The molecule has 2 amide bonds. The average Bonchev–Trinajstić information content (AvgIpc) is 2.21. The van der Waals surface area contributed by atoms with Crippen LogP contribution in [-0.2, 0) is 0 Å². The van der Waals surface area contributed by atoms with Gasteiger partial charge in [0.2, 0.25) is 0 Å². The van der Waals surface area contributed by atoms with Gasteiger partial charge in [-0.2, -0.15) is 0 Å². The molecule has 4 heteroatoms. The highest BCUT2D eigenvalue weighted by Crippen LogP contribution is 2.07. The highest BCUT2D eigenvalue weighted by molar-refractivity contribution is 5.89. The molecule has 1 aromatic rings. The molecule has 0 heterocycles. The first-order valence-corrected chi connectivity index (χ1v) is 5.38. The first-order valence-electron chi connectivity index (χ1n) is 5.38. The molecule has 0 atom stereocenters. The Balaban J connectivity index is 2.31. The molecule has 0 radical (unpaired) electrons. The molecule has 0 saturated carbocycles. The van der Waals surface area contributed by atoms with Crippen molar-refractivity contribution in [2.45, 2.75) is 20.3 Å². The third-order valence-corrected chi connectivity index (χ3v) is 2.11. The molecule has 3 nitrogen and oxygen atoms in total. The van der Waals surface area contributed by atoms with Crippen molar-refractivity contribution in [2.75, 3.05) is 11.9 Å². The highest BCUT2D eigenvalue weighted by atomic mass is 19.1. The SMILES string of the molecule is CC(C)CCNC(=O)Nc1ccc(F)cc1. The van der Waals surface area contributed by atoms with Gasteiger partial charge in [-0.3, -0.25) is 0 Å². The number of carbonyl (C=O) groups excluding carboxylic acids is 1. The summed E-state index contributed by atoms with van der Waals surface area (Å²) in [7, 11) is 0. The number of hydrogen-bond donors (Lipinski definition) is 2. The molecule has 16 heavy (non-hydrogen) atoms. The van der Waals surface area contributed by atoms with Crippen LogP contribution in [0.15, 0.2) is 24.3 Å². The third-order valence-electron chi connectivity index (χ3n) is 2.11. The zero-order valence-corrected chi connectivity index (χ0v) is 9.59. The molecule has 0 aromatic heterocycles. The van der Waals surface area contributed by atoms with Gasteiger partial charge in [0.1, 0.15) is 5.82 Å². The van der Waals surface area contributed by atoms with E-state index in [0.29, 0.717) is 18.2 Å². The van der Waals surface area contributed by atoms with Crippen LogP contribution in [0.4, 0.5) is 14.9 Å². The maximum Gasteiger partial charge on any atom is 0.319 e. The summed E-state index contributed by atoms with van der Waals surface area (Å²) >= 11 is 0. The summed E-state index contributed by atoms with van der Waals surface area (Å²) in [6, 6.07) is 5.41. The Morgan fingerprint density at radius 3 is 2.50 bits per heavy atom. The fraction of sp³-hybridized carbons (Fsp3) is 0.417. The molecule has 0 unspecified atom stereocenters. The maximum atomic E-state index is 12.6. The van der Waals surface area contributed by atoms with Crippen LogP contribution in [-0.4, -0.2) is 12.6 Å². The van der Waals surface area contributed by atoms with Gasteiger partial charge in [0.15, 0.2) is 0 Å². The Morgan fingerprint density at radius 1 is 1.31 bits per heavy atom. The van der Waals surface area contributed by atoms with E-state index in [1.54, 1.807) is 0 Å². The van der Waals surface area contributed by atoms with Crippen molar-refractivity contribution in [3.05, 3.63) is 30.1 Å². The van der Waals surface area contributed by atoms with Gasteiger partial charge in [-0.05, 0) is 36.6 Å². The summed E-state index contributed by atoms with van der Waals surface area (Å²) in [5, 5.41) is 5.36. The maximum absolute atomic E-state index is 12.6. The van der Waals surface area contributed by atoms with Gasteiger partial charge in [-0.1, -0.05) is 13.8 Å². The molecule has 0 aliphatic rings. The van der Waals surface area contributed by atoms with Gasteiger partial charge in [0.25, 0.3) is 0 Å². The van der Waals surface area contributed by atoms with Crippen LogP contribution in [0.3, 0.4) is 0 Å². The molecule has 0 fully saturated rings. The Kier molecular flexibility index (Phi) is 4.76. The van der Waals surface area contributed by atoms with E-state index < -0.39 is 0 Å². The van der Waals surface area contributed by atoms with Crippen molar-refractivity contribution in [3.8, 4) is 0 Å². The van der Waals surface area contributed by atoms with Gasteiger partial charge in [-0.25, -0.2) is 9.18 Å². The first kappa shape index (κ1) is 12.5. The van der Waals surface area contributed by atoms with Gasteiger partial charge in [0.05, 0.1) is 0 Å². The van der Waals surface area contributed by atoms with E-state index in [1.165, 1.54) is 24.3 Å². The van der Waals surface area contributed by atoms with Crippen LogP contribution >= 0.6 is 0 Å². The van der Waals surface area contributed by atoms with E-state index in [9.17, 15) is 9.18 Å². The molecule has 2 N–H and O–H groups in total. The Hall–Kier alpha value is -1.58. The van der Waals surface area contributed by atoms with Crippen molar-refractivity contribution >= 4 is 11.7 Å². The monoisotopic (exact) mass is 224 g/mol. The second-order valence-electron chi connectivity index (χ2n) is 4.07. The lowest BCUT2D eigenvalue weighted by atomic mass is 10.1. The first-order chi connectivity index (χ1) is 7.58. The molecule has 88 valence electrons. The zero-order chi connectivity index (χ0) is 12.0.